The van der Waals surface area contributed by atoms with Gasteiger partial charge >= 0.3 is 0 Å². The number of piperidine rings is 1. The molecular weight excluding hydrogens is 260 g/mol. The highest BCUT2D eigenvalue weighted by molar-refractivity contribution is 5.84. The highest BCUT2D eigenvalue weighted by Gasteiger charge is 2.20. The van der Waals surface area contributed by atoms with Crippen LogP contribution in [0.15, 0.2) is 30.5 Å². The number of hydrogen-bond donors (Lipinski definition) is 0. The van der Waals surface area contributed by atoms with Gasteiger partial charge in [0.25, 0.3) is 0 Å². The van der Waals surface area contributed by atoms with E-state index in [2.05, 4.69) is 42.7 Å². The summed E-state index contributed by atoms with van der Waals surface area (Å²) >= 11 is 0. The zero-order valence-electron chi connectivity index (χ0n) is 13.0. The maximum absolute atomic E-state index is 12.4. The van der Waals surface area contributed by atoms with Crippen molar-refractivity contribution in [3.05, 3.63) is 36.0 Å². The van der Waals surface area contributed by atoms with Crippen molar-refractivity contribution >= 4 is 16.8 Å². The molecule has 0 unspecified atom stereocenters. The molecule has 0 atom stereocenters. The van der Waals surface area contributed by atoms with Crippen molar-refractivity contribution in [3.8, 4) is 0 Å². The summed E-state index contributed by atoms with van der Waals surface area (Å²) in [6.07, 6.45) is 5.36. The topological polar surface area (TPSA) is 25.2 Å². The van der Waals surface area contributed by atoms with Crippen molar-refractivity contribution in [2.24, 2.45) is 5.92 Å². The van der Waals surface area contributed by atoms with Crippen molar-refractivity contribution in [2.75, 3.05) is 13.1 Å². The maximum atomic E-state index is 12.4. The Hall–Kier alpha value is -1.77. The lowest BCUT2D eigenvalue weighted by molar-refractivity contribution is -0.133. The SMILES string of the molecule is CCc1ccc2c(ccn2CC(=O)N2CCC(C)CC2)c1. The Labute approximate surface area is 126 Å². The molecule has 21 heavy (non-hydrogen) atoms. The van der Waals surface area contributed by atoms with Crippen LogP contribution in [0.1, 0.15) is 32.3 Å². The molecule has 112 valence electrons. The third-order valence-corrected chi connectivity index (χ3v) is 4.69. The van der Waals surface area contributed by atoms with Gasteiger partial charge in [-0.25, -0.2) is 0 Å². The van der Waals surface area contributed by atoms with Gasteiger partial charge in [0.1, 0.15) is 6.54 Å². The molecular formula is C18H24N2O. The molecule has 1 aromatic carbocycles. The number of carbonyl (C=O) groups is 1. The van der Waals surface area contributed by atoms with E-state index in [1.54, 1.807) is 0 Å². The normalized spacial score (nSPS) is 16.6. The minimum absolute atomic E-state index is 0.249. The van der Waals surface area contributed by atoms with E-state index in [-0.39, 0.29) is 5.91 Å². The number of rotatable bonds is 3. The Bertz CT molecular complexity index is 636. The van der Waals surface area contributed by atoms with Crippen LogP contribution in [0.2, 0.25) is 0 Å². The Morgan fingerprint density at radius 2 is 2.00 bits per heavy atom. The van der Waals surface area contributed by atoms with Gasteiger partial charge in [-0.05, 0) is 54.3 Å². The van der Waals surface area contributed by atoms with Crippen molar-refractivity contribution in [1.29, 1.82) is 0 Å². The van der Waals surface area contributed by atoms with Crippen LogP contribution in [0.5, 0.6) is 0 Å². The van der Waals surface area contributed by atoms with E-state index in [1.807, 2.05) is 11.1 Å². The minimum Gasteiger partial charge on any atom is -0.341 e. The summed E-state index contributed by atoms with van der Waals surface area (Å²) in [5.41, 5.74) is 2.50. The van der Waals surface area contributed by atoms with Crippen LogP contribution >= 0.6 is 0 Å². The molecule has 0 aliphatic carbocycles. The van der Waals surface area contributed by atoms with Crippen molar-refractivity contribution in [3.63, 3.8) is 0 Å². The van der Waals surface area contributed by atoms with Gasteiger partial charge in [0.15, 0.2) is 0 Å². The number of nitrogens with zero attached hydrogens (tertiary/aromatic N) is 2. The number of aromatic nitrogens is 1. The number of carbonyl (C=O) groups excluding carboxylic acids is 1. The van der Waals surface area contributed by atoms with Gasteiger partial charge in [-0.3, -0.25) is 4.79 Å². The number of hydrogen-bond acceptors (Lipinski definition) is 1. The van der Waals surface area contributed by atoms with Gasteiger partial charge in [0.2, 0.25) is 5.91 Å². The van der Waals surface area contributed by atoms with Gasteiger partial charge in [0.05, 0.1) is 0 Å². The average Bonchev–Trinajstić information content (AvgIpc) is 2.90. The molecule has 0 spiro atoms. The molecule has 1 amide bonds. The smallest absolute Gasteiger partial charge is 0.242 e. The first-order valence-electron chi connectivity index (χ1n) is 8.03. The van der Waals surface area contributed by atoms with Crippen molar-refractivity contribution in [2.45, 2.75) is 39.7 Å². The average molecular weight is 284 g/mol. The van der Waals surface area contributed by atoms with E-state index in [4.69, 9.17) is 0 Å². The lowest BCUT2D eigenvalue weighted by Crippen LogP contribution is -2.39. The number of aryl methyl sites for hydroxylation is 1. The van der Waals surface area contributed by atoms with Gasteiger partial charge in [-0.2, -0.15) is 0 Å². The van der Waals surface area contributed by atoms with E-state index in [0.717, 1.165) is 43.8 Å². The summed E-state index contributed by atoms with van der Waals surface area (Å²) in [7, 11) is 0. The second kappa shape index (κ2) is 5.92. The third kappa shape index (κ3) is 2.97. The maximum Gasteiger partial charge on any atom is 0.242 e. The predicted molar refractivity (Wildman–Crippen MR) is 86.3 cm³/mol. The first kappa shape index (κ1) is 14.2. The van der Waals surface area contributed by atoms with Gasteiger partial charge < -0.3 is 9.47 Å². The zero-order chi connectivity index (χ0) is 14.8. The summed E-state index contributed by atoms with van der Waals surface area (Å²) in [4.78, 5) is 14.5. The van der Waals surface area contributed by atoms with Crippen LogP contribution in [0.25, 0.3) is 10.9 Å². The fourth-order valence-electron chi connectivity index (χ4n) is 3.11. The van der Waals surface area contributed by atoms with Crippen molar-refractivity contribution < 1.29 is 4.79 Å². The predicted octanol–water partition coefficient (Wildman–Crippen LogP) is 3.46. The quantitative estimate of drug-likeness (QED) is 0.847. The van der Waals surface area contributed by atoms with Crippen LogP contribution in [-0.4, -0.2) is 28.5 Å². The molecule has 2 heterocycles. The van der Waals surface area contributed by atoms with Crippen LogP contribution in [0, 0.1) is 5.92 Å². The highest BCUT2D eigenvalue weighted by Crippen LogP contribution is 2.20. The molecule has 1 saturated heterocycles. The molecule has 0 radical (unpaired) electrons. The van der Waals surface area contributed by atoms with E-state index < -0.39 is 0 Å². The van der Waals surface area contributed by atoms with Crippen LogP contribution in [0.4, 0.5) is 0 Å². The lowest BCUT2D eigenvalue weighted by Gasteiger charge is -2.30. The molecule has 3 nitrogen and oxygen atoms in total. The Balaban J connectivity index is 1.74. The molecule has 0 saturated carbocycles. The van der Waals surface area contributed by atoms with Gasteiger partial charge in [-0.15, -0.1) is 0 Å². The summed E-state index contributed by atoms with van der Waals surface area (Å²) in [5, 5.41) is 1.23. The Morgan fingerprint density at radius 3 is 2.71 bits per heavy atom. The van der Waals surface area contributed by atoms with E-state index in [1.165, 1.54) is 10.9 Å². The second-order valence-corrected chi connectivity index (χ2v) is 6.25. The third-order valence-electron chi connectivity index (χ3n) is 4.69. The minimum atomic E-state index is 0.249. The molecule has 3 rings (SSSR count). The van der Waals surface area contributed by atoms with E-state index in [9.17, 15) is 4.79 Å². The molecule has 1 aromatic heterocycles. The van der Waals surface area contributed by atoms with Gasteiger partial charge in [-0.1, -0.05) is 19.9 Å². The molecule has 1 fully saturated rings. The number of fused-ring (bicyclic) bond motifs is 1. The molecule has 3 heteroatoms. The first-order valence-corrected chi connectivity index (χ1v) is 8.03. The van der Waals surface area contributed by atoms with E-state index >= 15 is 0 Å². The Kier molecular flexibility index (Phi) is 4.00. The molecule has 0 bridgehead atoms. The van der Waals surface area contributed by atoms with Crippen LogP contribution < -0.4 is 0 Å². The molecule has 2 aromatic rings. The van der Waals surface area contributed by atoms with Crippen LogP contribution in [-0.2, 0) is 17.8 Å². The zero-order valence-corrected chi connectivity index (χ0v) is 13.0. The number of amides is 1. The fourth-order valence-corrected chi connectivity index (χ4v) is 3.11. The largest absolute Gasteiger partial charge is 0.341 e. The summed E-state index contributed by atoms with van der Waals surface area (Å²) < 4.78 is 2.08. The highest BCUT2D eigenvalue weighted by atomic mass is 16.2. The Morgan fingerprint density at radius 1 is 1.24 bits per heavy atom. The summed E-state index contributed by atoms with van der Waals surface area (Å²) in [6, 6.07) is 8.63. The molecule has 0 N–H and O–H groups in total. The standard InChI is InChI=1S/C18H24N2O/c1-3-15-4-5-17-16(12-15)8-11-20(17)13-18(21)19-9-6-14(2)7-10-19/h4-5,8,11-12,14H,3,6-7,9-10,13H2,1-2H3. The lowest BCUT2D eigenvalue weighted by atomic mass is 9.99. The van der Waals surface area contributed by atoms with Crippen molar-refractivity contribution in [1.82, 2.24) is 9.47 Å². The van der Waals surface area contributed by atoms with Gasteiger partial charge in [0, 0.05) is 24.8 Å². The second-order valence-electron chi connectivity index (χ2n) is 6.25. The summed E-state index contributed by atoms with van der Waals surface area (Å²) in [5.74, 6) is 1.01. The monoisotopic (exact) mass is 284 g/mol. The molecule has 1 aliphatic heterocycles. The number of benzene rings is 1. The fraction of sp³-hybridized carbons (Fsp3) is 0.500. The number of likely N-dealkylation sites (tertiary alicyclic amines) is 1. The summed E-state index contributed by atoms with van der Waals surface area (Å²) in [6.45, 7) is 6.73. The first-order chi connectivity index (χ1) is 10.2. The molecule has 1 aliphatic rings. The van der Waals surface area contributed by atoms with E-state index in [0.29, 0.717) is 6.54 Å². The van der Waals surface area contributed by atoms with Crippen LogP contribution in [0.3, 0.4) is 0 Å².